The summed E-state index contributed by atoms with van der Waals surface area (Å²) in [6.45, 7) is 0. The Kier molecular flexibility index (Phi) is 6.21. The molecule has 0 radical (unpaired) electrons. The fourth-order valence-electron chi connectivity index (χ4n) is 3.64. The normalized spacial score (nSPS) is 27.0. The zero-order valence-electron chi connectivity index (χ0n) is 12.0. The van der Waals surface area contributed by atoms with Crippen LogP contribution in [0.1, 0.15) is 77.0 Å². The summed E-state index contributed by atoms with van der Waals surface area (Å²) in [5.41, 5.74) is 0. The largest absolute Gasteiger partial charge is 0.133 e. The monoisotopic (exact) mass is 316 g/mol. The van der Waals surface area contributed by atoms with Gasteiger partial charge in [-0.05, 0) is 38.5 Å². The highest BCUT2D eigenvalue weighted by Crippen LogP contribution is 2.49. The summed E-state index contributed by atoms with van der Waals surface area (Å²) in [7, 11) is 0. The Morgan fingerprint density at radius 2 is 0.737 bits per heavy atom. The lowest BCUT2D eigenvalue weighted by Gasteiger charge is -2.25. The Bertz CT molecular complexity index is 208. The van der Waals surface area contributed by atoms with E-state index >= 15 is 0 Å². The van der Waals surface area contributed by atoms with Crippen LogP contribution < -0.4 is 0 Å². The topological polar surface area (TPSA) is 0 Å². The van der Waals surface area contributed by atoms with Gasteiger partial charge in [0, 0.05) is 15.7 Å². The van der Waals surface area contributed by atoms with Crippen LogP contribution in [0.25, 0.3) is 0 Å². The van der Waals surface area contributed by atoms with Crippen molar-refractivity contribution in [3.8, 4) is 0 Å². The molecule has 3 fully saturated rings. The maximum atomic E-state index is 2.35. The summed E-state index contributed by atoms with van der Waals surface area (Å²) >= 11 is 7.06. The standard InChI is InChI=1S/C16H28S3/c1-2-8-13(7-1)17-16(18-14-9-3-4-10-14)19-15-11-5-6-12-15/h13-16H,1-12H2. The molecule has 3 heteroatoms. The molecule has 0 saturated heterocycles. The maximum absolute atomic E-state index is 2.35. The average molecular weight is 317 g/mol. The molecule has 19 heavy (non-hydrogen) atoms. The van der Waals surface area contributed by atoms with Gasteiger partial charge in [0.15, 0.2) is 0 Å². The molecule has 0 aromatic rings. The molecule has 3 aliphatic rings. The van der Waals surface area contributed by atoms with Gasteiger partial charge in [-0.3, -0.25) is 0 Å². The van der Waals surface area contributed by atoms with Crippen molar-refractivity contribution >= 4 is 35.3 Å². The Hall–Kier alpha value is 1.05. The van der Waals surface area contributed by atoms with Gasteiger partial charge in [-0.2, -0.15) is 0 Å². The predicted octanol–water partition coefficient (Wildman–Crippen LogP) is 6.30. The van der Waals surface area contributed by atoms with Crippen molar-refractivity contribution in [2.75, 3.05) is 0 Å². The van der Waals surface area contributed by atoms with Crippen LogP contribution in [0.15, 0.2) is 0 Å². The number of thioether (sulfide) groups is 3. The quantitative estimate of drug-likeness (QED) is 0.528. The second-order valence-electron chi connectivity index (χ2n) is 6.42. The molecular weight excluding hydrogens is 288 g/mol. The molecule has 0 spiro atoms. The summed E-state index contributed by atoms with van der Waals surface area (Å²) in [5, 5.41) is 2.98. The van der Waals surface area contributed by atoms with E-state index in [0.717, 1.165) is 19.7 Å². The molecule has 0 amide bonds. The van der Waals surface area contributed by atoms with E-state index in [1.165, 1.54) is 77.0 Å². The van der Waals surface area contributed by atoms with E-state index in [1.807, 2.05) is 0 Å². The van der Waals surface area contributed by atoms with Crippen LogP contribution in [0.3, 0.4) is 0 Å². The number of hydrogen-bond donors (Lipinski definition) is 0. The van der Waals surface area contributed by atoms with Gasteiger partial charge in [0.05, 0.1) is 3.91 Å². The molecule has 0 heterocycles. The van der Waals surface area contributed by atoms with Crippen LogP contribution >= 0.6 is 35.3 Å². The minimum atomic E-state index is 0.856. The third-order valence-corrected chi connectivity index (χ3v) is 10.1. The smallest absolute Gasteiger partial charge is 0.0964 e. The van der Waals surface area contributed by atoms with Gasteiger partial charge in [0.25, 0.3) is 0 Å². The van der Waals surface area contributed by atoms with E-state index in [4.69, 9.17) is 0 Å². The molecule has 3 aliphatic carbocycles. The van der Waals surface area contributed by atoms with E-state index in [-0.39, 0.29) is 0 Å². The van der Waals surface area contributed by atoms with Crippen molar-refractivity contribution in [1.29, 1.82) is 0 Å². The highest BCUT2D eigenvalue weighted by molar-refractivity contribution is 8.32. The Morgan fingerprint density at radius 1 is 0.474 bits per heavy atom. The van der Waals surface area contributed by atoms with Gasteiger partial charge >= 0.3 is 0 Å². The molecule has 110 valence electrons. The van der Waals surface area contributed by atoms with Gasteiger partial charge in [0.1, 0.15) is 0 Å². The van der Waals surface area contributed by atoms with E-state index in [0.29, 0.717) is 0 Å². The molecule has 0 N–H and O–H groups in total. The highest BCUT2D eigenvalue weighted by Gasteiger charge is 2.28. The minimum Gasteiger partial charge on any atom is -0.133 e. The summed E-state index contributed by atoms with van der Waals surface area (Å²) in [4.78, 5) is 0. The lowest BCUT2D eigenvalue weighted by Crippen LogP contribution is -2.10. The molecule has 0 bridgehead atoms. The van der Waals surface area contributed by atoms with Crippen LogP contribution in [-0.4, -0.2) is 19.7 Å². The first-order valence-corrected chi connectivity index (χ1v) is 11.2. The van der Waals surface area contributed by atoms with Gasteiger partial charge in [-0.15, -0.1) is 35.3 Å². The first kappa shape index (κ1) is 15.0. The zero-order valence-corrected chi connectivity index (χ0v) is 14.5. The molecule has 0 aromatic heterocycles. The van der Waals surface area contributed by atoms with E-state index in [1.54, 1.807) is 0 Å². The van der Waals surface area contributed by atoms with E-state index in [2.05, 4.69) is 35.3 Å². The highest BCUT2D eigenvalue weighted by atomic mass is 32.3. The molecule has 0 nitrogen and oxygen atoms in total. The maximum Gasteiger partial charge on any atom is 0.0964 e. The predicted molar refractivity (Wildman–Crippen MR) is 93.3 cm³/mol. The second kappa shape index (κ2) is 7.89. The Labute approximate surface area is 132 Å². The zero-order chi connectivity index (χ0) is 12.9. The third kappa shape index (κ3) is 4.78. The van der Waals surface area contributed by atoms with Crippen LogP contribution in [0.4, 0.5) is 0 Å². The van der Waals surface area contributed by atoms with Gasteiger partial charge < -0.3 is 0 Å². The minimum absolute atomic E-state index is 0.856. The van der Waals surface area contributed by atoms with Crippen molar-refractivity contribution in [3.63, 3.8) is 0 Å². The van der Waals surface area contributed by atoms with Crippen molar-refractivity contribution in [3.05, 3.63) is 0 Å². The lowest BCUT2D eigenvalue weighted by atomic mass is 10.4. The first-order chi connectivity index (χ1) is 9.40. The van der Waals surface area contributed by atoms with Crippen molar-refractivity contribution < 1.29 is 0 Å². The summed E-state index contributed by atoms with van der Waals surface area (Å²) < 4.78 is 0.856. The van der Waals surface area contributed by atoms with E-state index in [9.17, 15) is 0 Å². The Balaban J connectivity index is 1.49. The number of rotatable bonds is 6. The molecular formula is C16H28S3. The van der Waals surface area contributed by atoms with Crippen LogP contribution in [0, 0.1) is 0 Å². The van der Waals surface area contributed by atoms with Gasteiger partial charge in [0.2, 0.25) is 0 Å². The van der Waals surface area contributed by atoms with Gasteiger partial charge in [-0.25, -0.2) is 0 Å². The van der Waals surface area contributed by atoms with Crippen LogP contribution in [0.2, 0.25) is 0 Å². The fourth-order valence-corrected chi connectivity index (χ4v) is 10.00. The molecule has 0 atom stereocenters. The van der Waals surface area contributed by atoms with Crippen molar-refractivity contribution in [2.24, 2.45) is 0 Å². The number of hydrogen-bond acceptors (Lipinski definition) is 3. The van der Waals surface area contributed by atoms with Crippen molar-refractivity contribution in [1.82, 2.24) is 0 Å². The van der Waals surface area contributed by atoms with E-state index < -0.39 is 0 Å². The SMILES string of the molecule is C1CCC(SC(SC2CCCC2)SC2CCCC2)C1. The van der Waals surface area contributed by atoms with Crippen LogP contribution in [-0.2, 0) is 0 Å². The lowest BCUT2D eigenvalue weighted by molar-refractivity contribution is 0.886. The second-order valence-corrected chi connectivity index (χ2v) is 11.5. The molecule has 0 aliphatic heterocycles. The van der Waals surface area contributed by atoms with Crippen molar-refractivity contribution in [2.45, 2.75) is 96.7 Å². The third-order valence-electron chi connectivity index (χ3n) is 4.82. The average Bonchev–Trinajstić information content (AvgIpc) is 3.10. The summed E-state index contributed by atoms with van der Waals surface area (Å²) in [5.74, 6) is 0. The molecule has 3 rings (SSSR count). The molecule has 3 saturated carbocycles. The van der Waals surface area contributed by atoms with Gasteiger partial charge in [-0.1, -0.05) is 38.5 Å². The molecule has 0 unspecified atom stereocenters. The summed E-state index contributed by atoms with van der Waals surface area (Å²) in [6.07, 6.45) is 17.9. The van der Waals surface area contributed by atoms with Crippen LogP contribution in [0.5, 0.6) is 0 Å². The molecule has 0 aromatic carbocycles. The first-order valence-electron chi connectivity index (χ1n) is 8.36. The Morgan fingerprint density at radius 3 is 1.00 bits per heavy atom. The summed E-state index contributed by atoms with van der Waals surface area (Å²) in [6, 6.07) is 0. The fraction of sp³-hybridized carbons (Fsp3) is 1.00.